The van der Waals surface area contributed by atoms with Gasteiger partial charge in [0.2, 0.25) is 0 Å². The van der Waals surface area contributed by atoms with Crippen LogP contribution < -0.4 is 0 Å². The van der Waals surface area contributed by atoms with Crippen molar-refractivity contribution < 1.29 is 14.7 Å². The largest absolute Gasteiger partial charge is 0.476 e. The number of hydrogen-bond donors (Lipinski definition) is 1. The Balaban J connectivity index is 1.18. The molecule has 5 rings (SSSR count). The second-order valence-electron chi connectivity index (χ2n) is 9.27. The fraction of sp³-hybridized carbons (Fsp3) is 0.346. The molecule has 0 unspecified atom stereocenters. The summed E-state index contributed by atoms with van der Waals surface area (Å²) in [5.41, 5.74) is 3.67. The molecule has 1 saturated heterocycles. The first kappa shape index (κ1) is 21.4. The van der Waals surface area contributed by atoms with Gasteiger partial charge < -0.3 is 10.0 Å². The summed E-state index contributed by atoms with van der Waals surface area (Å²) in [5, 5.41) is 12.9. The van der Waals surface area contributed by atoms with Gasteiger partial charge in [0.05, 0.1) is 0 Å². The Bertz CT molecular complexity index is 1150. The van der Waals surface area contributed by atoms with Crippen molar-refractivity contribution in [3.05, 3.63) is 78.1 Å². The summed E-state index contributed by atoms with van der Waals surface area (Å²) in [5.74, 6) is -0.168. The molecule has 7 nitrogen and oxygen atoms in total. The molecule has 3 aromatic rings. The maximum atomic E-state index is 12.7. The summed E-state index contributed by atoms with van der Waals surface area (Å²) >= 11 is 0. The van der Waals surface area contributed by atoms with Crippen LogP contribution in [-0.2, 0) is 6.54 Å². The highest BCUT2D eigenvalue weighted by Gasteiger charge is 2.43. The number of nitrogens with zero attached hydrogens (tertiary/aromatic N) is 4. The molecule has 1 N–H and O–H groups in total. The Hall–Kier alpha value is -3.45. The molecule has 2 aromatic carbocycles. The van der Waals surface area contributed by atoms with Gasteiger partial charge in [0, 0.05) is 31.9 Å². The Labute approximate surface area is 193 Å². The molecule has 1 aromatic heterocycles. The lowest BCUT2D eigenvalue weighted by molar-refractivity contribution is 0.0690. The van der Waals surface area contributed by atoms with Gasteiger partial charge in [0.15, 0.2) is 5.69 Å². The molecule has 170 valence electrons. The van der Waals surface area contributed by atoms with Gasteiger partial charge in [-0.2, -0.15) is 9.78 Å². The standard InChI is InChI=1S/C26H28N4O3/c1-28(15-18-6-5-9-20(12-18)19-7-3-2-4-8-19)23-13-21-16-29(17-22(21)14-23)26(33)30-11-10-24(27-30)25(31)32/h2-12,21-23H,13-17H2,1H3,(H,31,32)/t21-,22+,23+. The molecule has 7 heteroatoms. The number of benzene rings is 2. The van der Waals surface area contributed by atoms with E-state index in [0.29, 0.717) is 31.0 Å². The molecule has 0 spiro atoms. The zero-order valence-corrected chi connectivity index (χ0v) is 18.7. The zero-order chi connectivity index (χ0) is 22.9. The molecular weight excluding hydrogens is 416 g/mol. The van der Waals surface area contributed by atoms with Crippen LogP contribution in [0.5, 0.6) is 0 Å². The van der Waals surface area contributed by atoms with Crippen molar-refractivity contribution in [1.29, 1.82) is 0 Å². The van der Waals surface area contributed by atoms with E-state index in [1.165, 1.54) is 29.0 Å². The van der Waals surface area contributed by atoms with Crippen molar-refractivity contribution in [2.75, 3.05) is 20.1 Å². The predicted octanol–water partition coefficient (Wildman–Crippen LogP) is 4.06. The summed E-state index contributed by atoms with van der Waals surface area (Å²) in [6.45, 7) is 2.32. The van der Waals surface area contributed by atoms with Gasteiger partial charge in [-0.3, -0.25) is 4.90 Å². The summed E-state index contributed by atoms with van der Waals surface area (Å²) in [4.78, 5) is 28.0. The number of carboxylic acid groups (broad SMARTS) is 1. The number of carbonyl (C=O) groups excluding carboxylic acids is 1. The highest BCUT2D eigenvalue weighted by atomic mass is 16.4. The maximum Gasteiger partial charge on any atom is 0.356 e. The first-order valence-electron chi connectivity index (χ1n) is 11.4. The minimum Gasteiger partial charge on any atom is -0.476 e. The molecule has 0 radical (unpaired) electrons. The number of rotatable bonds is 5. The van der Waals surface area contributed by atoms with Crippen molar-refractivity contribution in [3.63, 3.8) is 0 Å². The monoisotopic (exact) mass is 444 g/mol. The Morgan fingerprint density at radius 2 is 1.70 bits per heavy atom. The van der Waals surface area contributed by atoms with E-state index in [9.17, 15) is 9.59 Å². The molecule has 2 fully saturated rings. The van der Waals surface area contributed by atoms with Gasteiger partial charge >= 0.3 is 12.0 Å². The molecule has 1 saturated carbocycles. The van der Waals surface area contributed by atoms with Crippen LogP contribution in [0.15, 0.2) is 66.9 Å². The molecule has 1 aliphatic carbocycles. The van der Waals surface area contributed by atoms with Crippen LogP contribution in [0.4, 0.5) is 4.79 Å². The predicted molar refractivity (Wildman–Crippen MR) is 125 cm³/mol. The summed E-state index contributed by atoms with van der Waals surface area (Å²) in [7, 11) is 2.20. The van der Waals surface area contributed by atoms with Gasteiger partial charge in [0.1, 0.15) is 0 Å². The first-order valence-corrected chi connectivity index (χ1v) is 11.4. The average Bonchev–Trinajstić information content (AvgIpc) is 3.54. The van der Waals surface area contributed by atoms with E-state index in [-0.39, 0.29) is 11.7 Å². The molecule has 33 heavy (non-hydrogen) atoms. The number of likely N-dealkylation sites (tertiary alicyclic amines) is 1. The third kappa shape index (κ3) is 4.41. The van der Waals surface area contributed by atoms with Crippen LogP contribution in [0.2, 0.25) is 0 Å². The first-order chi connectivity index (χ1) is 16.0. The van der Waals surface area contributed by atoms with E-state index >= 15 is 0 Å². The second kappa shape index (κ2) is 8.83. The number of carbonyl (C=O) groups is 2. The number of fused-ring (bicyclic) bond motifs is 1. The van der Waals surface area contributed by atoms with E-state index in [0.717, 1.165) is 24.1 Å². The summed E-state index contributed by atoms with van der Waals surface area (Å²) in [6.07, 6.45) is 3.58. The van der Waals surface area contributed by atoms with Crippen LogP contribution in [0.3, 0.4) is 0 Å². The van der Waals surface area contributed by atoms with Gasteiger partial charge in [0.25, 0.3) is 0 Å². The summed E-state index contributed by atoms with van der Waals surface area (Å²) in [6, 6.07) is 20.8. The van der Waals surface area contributed by atoms with Gasteiger partial charge in [-0.25, -0.2) is 9.59 Å². The van der Waals surface area contributed by atoms with E-state index < -0.39 is 5.97 Å². The molecule has 1 aliphatic heterocycles. The zero-order valence-electron chi connectivity index (χ0n) is 18.7. The number of carboxylic acids is 1. The topological polar surface area (TPSA) is 78.7 Å². The highest BCUT2D eigenvalue weighted by Crippen LogP contribution is 2.40. The number of hydrogen-bond acceptors (Lipinski definition) is 4. The van der Waals surface area contributed by atoms with Crippen LogP contribution in [0.25, 0.3) is 11.1 Å². The smallest absolute Gasteiger partial charge is 0.356 e. The fourth-order valence-corrected chi connectivity index (χ4v) is 5.37. The molecule has 2 aliphatic rings. The normalized spacial score (nSPS) is 22.0. The SMILES string of the molecule is CN(Cc1cccc(-c2ccccc2)c1)[C@H]1C[C@@H]2CN(C(=O)n3ccc(C(=O)O)n3)C[C@@H]2C1. The van der Waals surface area contributed by atoms with E-state index in [4.69, 9.17) is 5.11 Å². The van der Waals surface area contributed by atoms with Crippen molar-refractivity contribution >= 4 is 12.0 Å². The second-order valence-corrected chi connectivity index (χ2v) is 9.27. The average molecular weight is 445 g/mol. The van der Waals surface area contributed by atoms with Crippen LogP contribution in [0.1, 0.15) is 28.9 Å². The molecular formula is C26H28N4O3. The lowest BCUT2D eigenvalue weighted by Gasteiger charge is -2.26. The lowest BCUT2D eigenvalue weighted by atomic mass is 10.0. The van der Waals surface area contributed by atoms with E-state index in [1.54, 1.807) is 0 Å². The lowest BCUT2D eigenvalue weighted by Crippen LogP contribution is -2.36. The molecule has 2 heterocycles. The quantitative estimate of drug-likeness (QED) is 0.642. The molecule has 3 atom stereocenters. The Morgan fingerprint density at radius 1 is 1.00 bits per heavy atom. The molecule has 1 amide bonds. The third-order valence-corrected chi connectivity index (χ3v) is 7.09. The summed E-state index contributed by atoms with van der Waals surface area (Å²) < 4.78 is 1.15. The minimum atomic E-state index is -1.12. The maximum absolute atomic E-state index is 12.7. The van der Waals surface area contributed by atoms with Crippen molar-refractivity contribution in [2.45, 2.75) is 25.4 Å². The van der Waals surface area contributed by atoms with Crippen LogP contribution in [0, 0.1) is 11.8 Å². The van der Waals surface area contributed by atoms with Crippen molar-refractivity contribution in [2.24, 2.45) is 11.8 Å². The number of amides is 1. The van der Waals surface area contributed by atoms with Gasteiger partial charge in [-0.15, -0.1) is 0 Å². The Kier molecular flexibility index (Phi) is 5.72. The fourth-order valence-electron chi connectivity index (χ4n) is 5.37. The van der Waals surface area contributed by atoms with Gasteiger partial charge in [-0.1, -0.05) is 48.5 Å². The van der Waals surface area contributed by atoms with Crippen molar-refractivity contribution in [3.8, 4) is 11.1 Å². The van der Waals surface area contributed by atoms with Gasteiger partial charge in [-0.05, 0) is 60.5 Å². The van der Waals surface area contributed by atoms with Crippen LogP contribution >= 0.6 is 0 Å². The number of aromatic carboxylic acids is 1. The minimum absolute atomic E-state index is 0.110. The van der Waals surface area contributed by atoms with E-state index in [2.05, 4.69) is 65.6 Å². The van der Waals surface area contributed by atoms with Crippen LogP contribution in [-0.4, -0.2) is 62.9 Å². The third-order valence-electron chi connectivity index (χ3n) is 7.09. The highest BCUT2D eigenvalue weighted by molar-refractivity contribution is 5.86. The number of aromatic nitrogens is 2. The van der Waals surface area contributed by atoms with Crippen molar-refractivity contribution in [1.82, 2.24) is 19.6 Å². The van der Waals surface area contributed by atoms with E-state index in [1.807, 2.05) is 11.0 Å². The molecule has 0 bridgehead atoms. The Morgan fingerprint density at radius 3 is 2.36 bits per heavy atom.